The van der Waals surface area contributed by atoms with Crippen molar-refractivity contribution >= 4 is 5.95 Å². The summed E-state index contributed by atoms with van der Waals surface area (Å²) in [6.07, 6.45) is 5.51. The molecule has 2 rings (SSSR count). The summed E-state index contributed by atoms with van der Waals surface area (Å²) in [6, 6.07) is 0.257. The first-order valence-electron chi connectivity index (χ1n) is 6.40. The Morgan fingerprint density at radius 2 is 2.05 bits per heavy atom. The Morgan fingerprint density at radius 3 is 2.79 bits per heavy atom. The molecular formula is C12H18N6O. The fourth-order valence-electron chi connectivity index (χ4n) is 1.59. The minimum atomic E-state index is 0.152. The van der Waals surface area contributed by atoms with Gasteiger partial charge in [0.2, 0.25) is 5.95 Å². The lowest BCUT2D eigenvalue weighted by Crippen LogP contribution is -2.05. The number of hydrogen-bond acceptors (Lipinski definition) is 6. The van der Waals surface area contributed by atoms with E-state index in [9.17, 15) is 0 Å². The standard InChI is InChI=1S/C12H18N6O/c1-3-5-18-8-9(7-14-18)10-15-11(13)17-12(16-10)19-6-4-2/h7-8H,3-6H2,1-2H3,(H2,13,15,16,17). The lowest BCUT2D eigenvalue weighted by atomic mass is 10.3. The van der Waals surface area contributed by atoms with Crippen molar-refractivity contribution in [3.8, 4) is 17.4 Å². The van der Waals surface area contributed by atoms with Gasteiger partial charge in [-0.2, -0.15) is 20.1 Å². The SMILES string of the molecule is CCCOc1nc(N)nc(-c2cnn(CCC)c2)n1. The number of ether oxygens (including phenoxy) is 1. The van der Waals surface area contributed by atoms with E-state index in [2.05, 4.69) is 27.0 Å². The summed E-state index contributed by atoms with van der Waals surface area (Å²) in [5.74, 6) is 0.639. The topological polar surface area (TPSA) is 91.7 Å². The van der Waals surface area contributed by atoms with Crippen molar-refractivity contribution in [3.05, 3.63) is 12.4 Å². The largest absolute Gasteiger partial charge is 0.463 e. The second kappa shape index (κ2) is 6.12. The zero-order chi connectivity index (χ0) is 13.7. The van der Waals surface area contributed by atoms with Crippen molar-refractivity contribution in [2.45, 2.75) is 33.2 Å². The van der Waals surface area contributed by atoms with Crippen LogP contribution < -0.4 is 10.5 Å². The smallest absolute Gasteiger partial charge is 0.321 e. The molecule has 0 aromatic carbocycles. The van der Waals surface area contributed by atoms with E-state index in [4.69, 9.17) is 10.5 Å². The number of rotatable bonds is 6. The molecule has 0 amide bonds. The molecule has 0 saturated heterocycles. The van der Waals surface area contributed by atoms with Crippen molar-refractivity contribution in [2.24, 2.45) is 0 Å². The molecule has 2 heterocycles. The van der Waals surface area contributed by atoms with Crippen LogP contribution in [0.5, 0.6) is 6.01 Å². The van der Waals surface area contributed by atoms with Gasteiger partial charge in [-0.1, -0.05) is 13.8 Å². The summed E-state index contributed by atoms with van der Waals surface area (Å²) in [5, 5.41) is 4.24. The zero-order valence-electron chi connectivity index (χ0n) is 11.2. The average Bonchev–Trinajstić information content (AvgIpc) is 2.85. The van der Waals surface area contributed by atoms with Gasteiger partial charge in [0.15, 0.2) is 5.82 Å². The minimum Gasteiger partial charge on any atom is -0.463 e. The normalized spacial score (nSPS) is 10.6. The number of nitrogens with two attached hydrogens (primary N) is 1. The average molecular weight is 262 g/mol. The van der Waals surface area contributed by atoms with E-state index in [0.29, 0.717) is 12.4 Å². The maximum atomic E-state index is 5.66. The van der Waals surface area contributed by atoms with Crippen LogP contribution in [0.3, 0.4) is 0 Å². The highest BCUT2D eigenvalue weighted by molar-refractivity contribution is 5.53. The fourth-order valence-corrected chi connectivity index (χ4v) is 1.59. The first-order valence-corrected chi connectivity index (χ1v) is 6.40. The molecule has 102 valence electrons. The van der Waals surface area contributed by atoms with Gasteiger partial charge in [-0.05, 0) is 12.8 Å². The molecule has 0 aliphatic rings. The third-order valence-corrected chi connectivity index (χ3v) is 2.41. The maximum absolute atomic E-state index is 5.66. The summed E-state index contributed by atoms with van der Waals surface area (Å²) in [6.45, 7) is 5.52. The zero-order valence-corrected chi connectivity index (χ0v) is 11.2. The van der Waals surface area contributed by atoms with Crippen LogP contribution in [0.1, 0.15) is 26.7 Å². The molecule has 0 spiro atoms. The highest BCUT2D eigenvalue weighted by Gasteiger charge is 2.09. The van der Waals surface area contributed by atoms with Crippen molar-refractivity contribution in [1.82, 2.24) is 24.7 Å². The summed E-state index contributed by atoms with van der Waals surface area (Å²) >= 11 is 0. The van der Waals surface area contributed by atoms with Gasteiger partial charge >= 0.3 is 6.01 Å². The van der Waals surface area contributed by atoms with E-state index in [0.717, 1.165) is 24.9 Å². The van der Waals surface area contributed by atoms with E-state index in [1.807, 2.05) is 17.8 Å². The predicted octanol–water partition coefficient (Wildman–Crippen LogP) is 1.52. The third kappa shape index (κ3) is 3.40. The van der Waals surface area contributed by atoms with Gasteiger partial charge in [-0.25, -0.2) is 0 Å². The number of nitrogens with zero attached hydrogens (tertiary/aromatic N) is 5. The molecule has 0 saturated carbocycles. The molecule has 2 aromatic heterocycles. The lowest BCUT2D eigenvalue weighted by molar-refractivity contribution is 0.292. The van der Waals surface area contributed by atoms with Crippen LogP contribution in [0.15, 0.2) is 12.4 Å². The molecule has 2 N–H and O–H groups in total. The van der Waals surface area contributed by atoms with E-state index < -0.39 is 0 Å². The van der Waals surface area contributed by atoms with Crippen molar-refractivity contribution in [1.29, 1.82) is 0 Å². The molecule has 2 aromatic rings. The van der Waals surface area contributed by atoms with Gasteiger partial charge in [-0.15, -0.1) is 0 Å². The first kappa shape index (κ1) is 13.3. The minimum absolute atomic E-state index is 0.152. The number of aromatic nitrogens is 5. The maximum Gasteiger partial charge on any atom is 0.321 e. The molecule has 0 unspecified atom stereocenters. The number of aryl methyl sites for hydroxylation is 1. The Morgan fingerprint density at radius 1 is 1.21 bits per heavy atom. The van der Waals surface area contributed by atoms with E-state index >= 15 is 0 Å². The van der Waals surface area contributed by atoms with Gasteiger partial charge < -0.3 is 10.5 Å². The molecule has 0 aliphatic carbocycles. The van der Waals surface area contributed by atoms with Crippen molar-refractivity contribution in [2.75, 3.05) is 12.3 Å². The van der Waals surface area contributed by atoms with Crippen LogP contribution in [0.2, 0.25) is 0 Å². The molecule has 0 atom stereocenters. The lowest BCUT2D eigenvalue weighted by Gasteiger charge is -2.04. The van der Waals surface area contributed by atoms with Gasteiger partial charge in [-0.3, -0.25) is 4.68 Å². The Bertz CT molecular complexity index is 539. The van der Waals surface area contributed by atoms with Crippen LogP contribution >= 0.6 is 0 Å². The van der Waals surface area contributed by atoms with Crippen LogP contribution in [-0.4, -0.2) is 31.3 Å². The molecule has 0 aliphatic heterocycles. The van der Waals surface area contributed by atoms with Crippen molar-refractivity contribution < 1.29 is 4.74 Å². The molecule has 19 heavy (non-hydrogen) atoms. The highest BCUT2D eigenvalue weighted by Crippen LogP contribution is 2.17. The van der Waals surface area contributed by atoms with Crippen molar-refractivity contribution in [3.63, 3.8) is 0 Å². The van der Waals surface area contributed by atoms with Gasteiger partial charge in [0, 0.05) is 12.7 Å². The second-order valence-corrected chi connectivity index (χ2v) is 4.14. The summed E-state index contributed by atoms with van der Waals surface area (Å²) < 4.78 is 7.23. The predicted molar refractivity (Wildman–Crippen MR) is 71.5 cm³/mol. The molecule has 0 bridgehead atoms. The van der Waals surface area contributed by atoms with E-state index in [1.54, 1.807) is 6.20 Å². The highest BCUT2D eigenvalue weighted by atomic mass is 16.5. The Labute approximate surface area is 111 Å². The van der Waals surface area contributed by atoms with Crippen LogP contribution in [-0.2, 0) is 6.54 Å². The van der Waals surface area contributed by atoms with Crippen LogP contribution in [0, 0.1) is 0 Å². The number of anilines is 1. The summed E-state index contributed by atoms with van der Waals surface area (Å²) in [5.41, 5.74) is 6.47. The molecule has 7 nitrogen and oxygen atoms in total. The molecular weight excluding hydrogens is 244 g/mol. The number of nitrogen functional groups attached to an aromatic ring is 1. The molecule has 7 heteroatoms. The molecule has 0 fully saturated rings. The number of hydrogen-bond donors (Lipinski definition) is 1. The Kier molecular flexibility index (Phi) is 4.27. The van der Waals surface area contributed by atoms with Gasteiger partial charge in [0.05, 0.1) is 18.4 Å². The van der Waals surface area contributed by atoms with E-state index in [-0.39, 0.29) is 12.0 Å². The van der Waals surface area contributed by atoms with E-state index in [1.165, 1.54) is 0 Å². The Hall–Kier alpha value is -2.18. The first-order chi connectivity index (χ1) is 9.22. The quantitative estimate of drug-likeness (QED) is 0.848. The third-order valence-electron chi connectivity index (χ3n) is 2.41. The Balaban J connectivity index is 2.24. The molecule has 0 radical (unpaired) electrons. The van der Waals surface area contributed by atoms with Gasteiger partial charge in [0.1, 0.15) is 0 Å². The second-order valence-electron chi connectivity index (χ2n) is 4.14. The summed E-state index contributed by atoms with van der Waals surface area (Å²) in [4.78, 5) is 12.3. The monoisotopic (exact) mass is 262 g/mol. The fraction of sp³-hybridized carbons (Fsp3) is 0.500. The van der Waals surface area contributed by atoms with Crippen LogP contribution in [0.4, 0.5) is 5.95 Å². The van der Waals surface area contributed by atoms with Gasteiger partial charge in [0.25, 0.3) is 0 Å². The van der Waals surface area contributed by atoms with Crippen LogP contribution in [0.25, 0.3) is 11.4 Å². The summed E-state index contributed by atoms with van der Waals surface area (Å²) in [7, 11) is 0.